The number of ether oxygens (including phenoxy) is 1. The Hall–Kier alpha value is -2.30. The number of rotatable bonds is 5. The largest absolute Gasteiger partial charge is 0.490 e. The van der Waals surface area contributed by atoms with Gasteiger partial charge in [0.1, 0.15) is 5.75 Å². The summed E-state index contributed by atoms with van der Waals surface area (Å²) in [6, 6.07) is 14.6. The van der Waals surface area contributed by atoms with Crippen LogP contribution < -0.4 is 10.1 Å². The highest BCUT2D eigenvalue weighted by molar-refractivity contribution is 6.35. The van der Waals surface area contributed by atoms with Crippen molar-refractivity contribution in [2.45, 2.75) is 18.9 Å². The van der Waals surface area contributed by atoms with Gasteiger partial charge in [0.25, 0.3) is 5.91 Å². The lowest BCUT2D eigenvalue weighted by atomic mass is 10.1. The number of hydrogen-bond acceptors (Lipinski definition) is 3. The van der Waals surface area contributed by atoms with Crippen LogP contribution in [0.5, 0.6) is 5.75 Å². The molecule has 0 saturated heterocycles. The van der Waals surface area contributed by atoms with Gasteiger partial charge in [0.05, 0.1) is 16.6 Å². The third-order valence-electron chi connectivity index (χ3n) is 6.15. The Morgan fingerprint density at radius 3 is 2.59 bits per heavy atom. The summed E-state index contributed by atoms with van der Waals surface area (Å²) in [5, 5.41) is 5.29. The van der Waals surface area contributed by atoms with Crippen molar-refractivity contribution in [1.29, 1.82) is 0 Å². The summed E-state index contributed by atoms with van der Waals surface area (Å²) in [6.07, 6.45) is 4.00. The normalized spacial score (nSPS) is 24.9. The molecule has 1 N–H and O–H groups in total. The molecule has 2 saturated carbocycles. The average Bonchev–Trinajstić information content (AvgIpc) is 3.18. The highest BCUT2D eigenvalue weighted by atomic mass is 35.5. The SMILES string of the molecule is O=C(NCC1C2CC(Oc3ccc4nccc(Cl)c4c3)CC12)c1ccc(Cl)cc1. The monoisotopic (exact) mass is 426 g/mol. The van der Waals surface area contributed by atoms with Crippen LogP contribution >= 0.6 is 23.2 Å². The lowest BCUT2D eigenvalue weighted by molar-refractivity contribution is 0.0949. The van der Waals surface area contributed by atoms with Crippen LogP contribution in [0.25, 0.3) is 10.9 Å². The van der Waals surface area contributed by atoms with Crippen LogP contribution in [0.1, 0.15) is 23.2 Å². The first-order valence-corrected chi connectivity index (χ1v) is 10.6. The molecule has 2 atom stereocenters. The van der Waals surface area contributed by atoms with E-state index in [1.165, 1.54) is 0 Å². The molecule has 1 heterocycles. The number of amides is 1. The van der Waals surface area contributed by atoms with Gasteiger partial charge < -0.3 is 10.1 Å². The van der Waals surface area contributed by atoms with E-state index in [0.717, 1.165) is 36.0 Å². The zero-order valence-electron chi connectivity index (χ0n) is 15.6. The molecule has 1 aromatic heterocycles. The molecular formula is C23H20Cl2N2O2. The van der Waals surface area contributed by atoms with Crippen molar-refractivity contribution >= 4 is 40.0 Å². The molecule has 3 aromatic rings. The van der Waals surface area contributed by atoms with E-state index in [0.29, 0.717) is 33.4 Å². The van der Waals surface area contributed by atoms with E-state index in [1.54, 1.807) is 36.5 Å². The molecule has 5 rings (SSSR count). The number of halogens is 2. The molecular weight excluding hydrogens is 407 g/mol. The van der Waals surface area contributed by atoms with Gasteiger partial charge in [-0.1, -0.05) is 23.2 Å². The van der Waals surface area contributed by atoms with E-state index in [9.17, 15) is 4.79 Å². The molecule has 0 spiro atoms. The second-order valence-electron chi connectivity index (χ2n) is 7.89. The second-order valence-corrected chi connectivity index (χ2v) is 8.74. The quantitative estimate of drug-likeness (QED) is 0.595. The van der Waals surface area contributed by atoms with Crippen molar-refractivity contribution in [3.63, 3.8) is 0 Å². The fraction of sp³-hybridized carbons (Fsp3) is 0.304. The second kappa shape index (κ2) is 7.51. The van der Waals surface area contributed by atoms with Gasteiger partial charge in [-0.15, -0.1) is 0 Å². The van der Waals surface area contributed by atoms with E-state index >= 15 is 0 Å². The Balaban J connectivity index is 1.13. The van der Waals surface area contributed by atoms with Crippen molar-refractivity contribution in [2.75, 3.05) is 6.54 Å². The predicted octanol–water partition coefficient (Wildman–Crippen LogP) is 5.38. The van der Waals surface area contributed by atoms with E-state index in [-0.39, 0.29) is 12.0 Å². The van der Waals surface area contributed by atoms with Gasteiger partial charge in [-0.25, -0.2) is 0 Å². The molecule has 2 aliphatic rings. The number of nitrogens with one attached hydrogen (secondary N) is 1. The number of fused-ring (bicyclic) bond motifs is 2. The Bertz CT molecular complexity index is 1060. The minimum atomic E-state index is -0.0407. The molecule has 1 amide bonds. The maximum Gasteiger partial charge on any atom is 0.251 e. The zero-order chi connectivity index (χ0) is 20.0. The summed E-state index contributed by atoms with van der Waals surface area (Å²) in [5.74, 6) is 2.63. The van der Waals surface area contributed by atoms with Gasteiger partial charge in [-0.3, -0.25) is 9.78 Å². The maximum absolute atomic E-state index is 12.3. The molecule has 2 aromatic carbocycles. The number of benzene rings is 2. The average molecular weight is 427 g/mol. The van der Waals surface area contributed by atoms with Crippen LogP contribution in [0.3, 0.4) is 0 Å². The molecule has 0 radical (unpaired) electrons. The van der Waals surface area contributed by atoms with Crippen molar-refractivity contribution in [3.05, 3.63) is 70.3 Å². The Labute approximate surface area is 179 Å². The van der Waals surface area contributed by atoms with Crippen LogP contribution in [-0.4, -0.2) is 23.5 Å². The van der Waals surface area contributed by atoms with E-state index in [2.05, 4.69) is 10.3 Å². The minimum absolute atomic E-state index is 0.0407. The third-order valence-corrected chi connectivity index (χ3v) is 6.73. The smallest absolute Gasteiger partial charge is 0.251 e. The summed E-state index contributed by atoms with van der Waals surface area (Å²) in [4.78, 5) is 16.6. The van der Waals surface area contributed by atoms with Crippen molar-refractivity contribution < 1.29 is 9.53 Å². The van der Waals surface area contributed by atoms with Crippen molar-refractivity contribution in [3.8, 4) is 5.75 Å². The number of hydrogen-bond donors (Lipinski definition) is 1. The van der Waals surface area contributed by atoms with E-state index in [4.69, 9.17) is 27.9 Å². The van der Waals surface area contributed by atoms with Gasteiger partial charge in [-0.05, 0) is 79.1 Å². The maximum atomic E-state index is 12.3. The Morgan fingerprint density at radius 1 is 1.07 bits per heavy atom. The molecule has 2 fully saturated rings. The number of aromatic nitrogens is 1. The number of pyridine rings is 1. The zero-order valence-corrected chi connectivity index (χ0v) is 17.2. The molecule has 4 nitrogen and oxygen atoms in total. The van der Waals surface area contributed by atoms with Crippen LogP contribution in [-0.2, 0) is 0 Å². The number of carbonyl (C=O) groups is 1. The minimum Gasteiger partial charge on any atom is -0.490 e. The summed E-state index contributed by atoms with van der Waals surface area (Å²) in [7, 11) is 0. The van der Waals surface area contributed by atoms with Gasteiger partial charge in [0.2, 0.25) is 0 Å². The fourth-order valence-corrected chi connectivity index (χ4v) is 4.93. The Kier molecular flexibility index (Phi) is 4.84. The van der Waals surface area contributed by atoms with Gasteiger partial charge >= 0.3 is 0 Å². The predicted molar refractivity (Wildman–Crippen MR) is 115 cm³/mol. The Morgan fingerprint density at radius 2 is 1.83 bits per heavy atom. The van der Waals surface area contributed by atoms with Gasteiger partial charge in [0, 0.05) is 28.7 Å². The van der Waals surface area contributed by atoms with Crippen LogP contribution in [0, 0.1) is 17.8 Å². The van der Waals surface area contributed by atoms with Crippen LogP contribution in [0.4, 0.5) is 0 Å². The highest BCUT2D eigenvalue weighted by Crippen LogP contribution is 2.57. The molecule has 0 bridgehead atoms. The summed E-state index contributed by atoms with van der Waals surface area (Å²) in [5.41, 5.74) is 1.52. The van der Waals surface area contributed by atoms with Gasteiger partial charge in [0.15, 0.2) is 0 Å². The van der Waals surface area contributed by atoms with E-state index in [1.807, 2.05) is 18.2 Å². The first-order valence-electron chi connectivity index (χ1n) is 9.83. The third kappa shape index (κ3) is 3.79. The highest BCUT2D eigenvalue weighted by Gasteiger charge is 2.56. The molecule has 0 aliphatic heterocycles. The lowest BCUT2D eigenvalue weighted by Gasteiger charge is -2.17. The molecule has 6 heteroatoms. The molecule has 2 aliphatic carbocycles. The summed E-state index contributed by atoms with van der Waals surface area (Å²) < 4.78 is 6.21. The topological polar surface area (TPSA) is 51.2 Å². The van der Waals surface area contributed by atoms with Gasteiger partial charge in [-0.2, -0.15) is 0 Å². The number of carbonyl (C=O) groups excluding carboxylic acids is 1. The molecule has 2 unspecified atom stereocenters. The summed E-state index contributed by atoms with van der Waals surface area (Å²) in [6.45, 7) is 0.723. The van der Waals surface area contributed by atoms with Crippen molar-refractivity contribution in [1.82, 2.24) is 10.3 Å². The molecule has 148 valence electrons. The first-order chi connectivity index (χ1) is 14.1. The standard InChI is InChI=1S/C23H20Cl2N2O2/c24-14-3-1-13(2-4-14)23(28)27-12-20-17-10-16(11-18(17)20)29-15-5-6-22-19(9-15)21(25)7-8-26-22/h1-9,16-18,20H,10-12H2,(H,27,28). The fourth-order valence-electron chi connectivity index (χ4n) is 4.60. The van der Waals surface area contributed by atoms with Crippen LogP contribution in [0.2, 0.25) is 10.0 Å². The number of nitrogens with zero attached hydrogens (tertiary/aromatic N) is 1. The first kappa shape index (κ1) is 18.7. The lowest BCUT2D eigenvalue weighted by Crippen LogP contribution is -2.27. The van der Waals surface area contributed by atoms with E-state index < -0.39 is 0 Å². The van der Waals surface area contributed by atoms with Crippen LogP contribution in [0.15, 0.2) is 54.7 Å². The molecule has 29 heavy (non-hydrogen) atoms. The van der Waals surface area contributed by atoms with Crippen molar-refractivity contribution in [2.24, 2.45) is 17.8 Å². The summed E-state index contributed by atoms with van der Waals surface area (Å²) >= 11 is 12.1.